The number of carbonyl (C=O) groups excluding carboxylic acids is 1. The average molecular weight is 234 g/mol. The van der Waals surface area contributed by atoms with Crippen LogP contribution in [0.25, 0.3) is 0 Å². The lowest BCUT2D eigenvalue weighted by atomic mass is 9.63. The van der Waals surface area contributed by atoms with Gasteiger partial charge in [-0.25, -0.2) is 0 Å². The summed E-state index contributed by atoms with van der Waals surface area (Å²) in [6.45, 7) is 5.99. The topological polar surface area (TPSA) is 17.1 Å². The molecule has 2 fully saturated rings. The van der Waals surface area contributed by atoms with Crippen LogP contribution in [0.1, 0.15) is 64.7 Å². The first-order valence-corrected chi connectivity index (χ1v) is 7.30. The van der Waals surface area contributed by atoms with Crippen molar-refractivity contribution in [3.63, 3.8) is 0 Å². The van der Waals surface area contributed by atoms with Gasteiger partial charge >= 0.3 is 0 Å². The summed E-state index contributed by atoms with van der Waals surface area (Å²) >= 11 is 0. The van der Waals surface area contributed by atoms with Crippen molar-refractivity contribution in [2.75, 3.05) is 0 Å². The molecule has 1 nitrogen and oxygen atoms in total. The molecular formula is C16H26O. The fraction of sp³-hybridized carbons (Fsp3) is 0.812. The van der Waals surface area contributed by atoms with Crippen LogP contribution in [0.3, 0.4) is 0 Å². The predicted molar refractivity (Wildman–Crippen MR) is 71.8 cm³/mol. The highest BCUT2D eigenvalue weighted by atomic mass is 16.1. The van der Waals surface area contributed by atoms with Gasteiger partial charge in [0.05, 0.1) is 0 Å². The molecule has 17 heavy (non-hydrogen) atoms. The van der Waals surface area contributed by atoms with Gasteiger partial charge < -0.3 is 0 Å². The normalized spacial score (nSPS) is 31.6. The van der Waals surface area contributed by atoms with Gasteiger partial charge in [0.15, 0.2) is 0 Å². The van der Waals surface area contributed by atoms with Gasteiger partial charge in [-0.1, -0.05) is 25.8 Å². The molecule has 0 bridgehead atoms. The van der Waals surface area contributed by atoms with Gasteiger partial charge in [0.2, 0.25) is 0 Å². The summed E-state index contributed by atoms with van der Waals surface area (Å²) in [7, 11) is 0. The van der Waals surface area contributed by atoms with Crippen LogP contribution < -0.4 is 0 Å². The monoisotopic (exact) mass is 234 g/mol. The van der Waals surface area contributed by atoms with E-state index in [1.54, 1.807) is 0 Å². The third-order valence-corrected chi connectivity index (χ3v) is 5.14. The van der Waals surface area contributed by atoms with Gasteiger partial charge in [0, 0.05) is 12.3 Å². The van der Waals surface area contributed by atoms with Crippen molar-refractivity contribution in [1.82, 2.24) is 0 Å². The van der Waals surface area contributed by atoms with Crippen molar-refractivity contribution in [2.24, 2.45) is 17.3 Å². The second kappa shape index (κ2) is 5.37. The van der Waals surface area contributed by atoms with E-state index in [9.17, 15) is 4.79 Å². The highest BCUT2D eigenvalue weighted by molar-refractivity contribution is 5.81. The Morgan fingerprint density at radius 3 is 2.71 bits per heavy atom. The molecule has 0 heterocycles. The van der Waals surface area contributed by atoms with Crippen LogP contribution in [-0.4, -0.2) is 5.78 Å². The molecule has 0 saturated heterocycles. The van der Waals surface area contributed by atoms with Crippen LogP contribution in [0.2, 0.25) is 0 Å². The Labute approximate surface area is 106 Å². The van der Waals surface area contributed by atoms with Crippen molar-refractivity contribution in [2.45, 2.75) is 64.7 Å². The number of hydrogen-bond donors (Lipinski definition) is 0. The van der Waals surface area contributed by atoms with E-state index in [1.165, 1.54) is 44.9 Å². The first kappa shape index (κ1) is 12.9. The molecule has 0 aromatic carbocycles. The van der Waals surface area contributed by atoms with E-state index in [1.807, 2.05) is 6.08 Å². The van der Waals surface area contributed by atoms with E-state index in [4.69, 9.17) is 0 Å². The highest BCUT2D eigenvalue weighted by Crippen LogP contribution is 2.52. The summed E-state index contributed by atoms with van der Waals surface area (Å²) < 4.78 is 0. The maximum atomic E-state index is 12.3. The molecule has 0 radical (unpaired) electrons. The van der Waals surface area contributed by atoms with Crippen LogP contribution in [-0.2, 0) is 4.79 Å². The van der Waals surface area contributed by atoms with Crippen LogP contribution in [0, 0.1) is 17.3 Å². The standard InChI is InChI=1S/C16H26O/c1-3-4-7-15(17)14-12-16(9-5-6-10-16)11-8-13(14)2/h3,13-14H,1,4-12H2,2H3. The van der Waals surface area contributed by atoms with E-state index in [0.29, 0.717) is 29.5 Å². The smallest absolute Gasteiger partial charge is 0.136 e. The molecule has 2 aliphatic rings. The molecule has 1 heteroatoms. The Kier molecular flexibility index (Phi) is 4.06. The Balaban J connectivity index is 1.99. The number of carbonyl (C=O) groups is 1. The van der Waals surface area contributed by atoms with Crippen LogP contribution in [0.4, 0.5) is 0 Å². The molecule has 0 amide bonds. The average Bonchev–Trinajstić information content (AvgIpc) is 2.78. The van der Waals surface area contributed by atoms with E-state index in [0.717, 1.165) is 6.42 Å². The van der Waals surface area contributed by atoms with E-state index >= 15 is 0 Å². The maximum Gasteiger partial charge on any atom is 0.136 e. The summed E-state index contributed by atoms with van der Waals surface area (Å²) in [4.78, 5) is 12.3. The van der Waals surface area contributed by atoms with Gasteiger partial charge in [-0.05, 0) is 49.9 Å². The first-order valence-electron chi connectivity index (χ1n) is 7.30. The molecule has 2 aliphatic carbocycles. The number of Topliss-reactive ketones (excluding diaryl/α,β-unsaturated/α-hetero) is 1. The molecule has 2 unspecified atom stereocenters. The predicted octanol–water partition coefficient (Wildman–Crippen LogP) is 4.52. The van der Waals surface area contributed by atoms with Crippen LogP contribution in [0.15, 0.2) is 12.7 Å². The summed E-state index contributed by atoms with van der Waals surface area (Å²) in [6.07, 6.45) is 12.8. The minimum Gasteiger partial charge on any atom is -0.299 e. The fourth-order valence-corrected chi connectivity index (χ4v) is 3.94. The second-order valence-electron chi connectivity index (χ2n) is 6.33. The molecular weight excluding hydrogens is 208 g/mol. The largest absolute Gasteiger partial charge is 0.299 e. The number of ketones is 1. The third-order valence-electron chi connectivity index (χ3n) is 5.14. The second-order valence-corrected chi connectivity index (χ2v) is 6.33. The lowest BCUT2D eigenvalue weighted by Gasteiger charge is -2.41. The Hall–Kier alpha value is -0.590. The van der Waals surface area contributed by atoms with Gasteiger partial charge in [-0.2, -0.15) is 0 Å². The lowest BCUT2D eigenvalue weighted by molar-refractivity contribution is -0.127. The van der Waals surface area contributed by atoms with Crippen LogP contribution >= 0.6 is 0 Å². The fourth-order valence-electron chi connectivity index (χ4n) is 3.94. The zero-order valence-corrected chi connectivity index (χ0v) is 11.2. The maximum absolute atomic E-state index is 12.3. The Morgan fingerprint density at radius 1 is 1.35 bits per heavy atom. The molecule has 0 N–H and O–H groups in total. The molecule has 96 valence electrons. The third kappa shape index (κ3) is 2.81. The summed E-state index contributed by atoms with van der Waals surface area (Å²) in [5, 5.41) is 0. The molecule has 1 spiro atoms. The van der Waals surface area contributed by atoms with E-state index < -0.39 is 0 Å². The first-order chi connectivity index (χ1) is 8.17. The summed E-state index contributed by atoms with van der Waals surface area (Å²) in [5.74, 6) is 1.46. The zero-order valence-electron chi connectivity index (χ0n) is 11.2. The number of hydrogen-bond acceptors (Lipinski definition) is 1. The zero-order chi connectivity index (χ0) is 12.3. The van der Waals surface area contributed by atoms with Crippen molar-refractivity contribution in [1.29, 1.82) is 0 Å². The molecule has 0 aromatic heterocycles. The lowest BCUT2D eigenvalue weighted by Crippen LogP contribution is -2.35. The van der Waals surface area contributed by atoms with Gasteiger partial charge in [-0.3, -0.25) is 4.79 Å². The van der Waals surface area contributed by atoms with Crippen molar-refractivity contribution < 1.29 is 4.79 Å². The van der Waals surface area contributed by atoms with Crippen molar-refractivity contribution >= 4 is 5.78 Å². The number of allylic oxidation sites excluding steroid dienone is 1. The van der Waals surface area contributed by atoms with Gasteiger partial charge in [0.25, 0.3) is 0 Å². The Morgan fingerprint density at radius 2 is 2.06 bits per heavy atom. The minimum absolute atomic E-state index is 0.349. The molecule has 2 saturated carbocycles. The molecule has 0 aromatic rings. The van der Waals surface area contributed by atoms with E-state index in [2.05, 4.69) is 13.5 Å². The number of rotatable bonds is 4. The highest BCUT2D eigenvalue weighted by Gasteiger charge is 2.42. The van der Waals surface area contributed by atoms with Crippen molar-refractivity contribution in [3.8, 4) is 0 Å². The summed E-state index contributed by atoms with van der Waals surface area (Å²) in [5.41, 5.74) is 0.557. The SMILES string of the molecule is C=CCCC(=O)C1CC2(CCCC2)CCC1C. The molecule has 0 aliphatic heterocycles. The van der Waals surface area contributed by atoms with Gasteiger partial charge in [0.1, 0.15) is 5.78 Å². The Bertz CT molecular complexity index is 286. The minimum atomic E-state index is 0.349. The van der Waals surface area contributed by atoms with E-state index in [-0.39, 0.29) is 0 Å². The molecule has 2 rings (SSSR count). The van der Waals surface area contributed by atoms with Crippen LogP contribution in [0.5, 0.6) is 0 Å². The molecule has 2 atom stereocenters. The van der Waals surface area contributed by atoms with Crippen molar-refractivity contribution in [3.05, 3.63) is 12.7 Å². The summed E-state index contributed by atoms with van der Waals surface area (Å²) in [6, 6.07) is 0. The quantitative estimate of drug-likeness (QED) is 0.654. The van der Waals surface area contributed by atoms with Gasteiger partial charge in [-0.15, -0.1) is 6.58 Å².